The number of nitrogens with zero attached hydrogens (tertiary/aromatic N) is 3. The number of ether oxygens (including phenoxy) is 2. The maximum Gasteiger partial charge on any atom is 0.339 e. The molecule has 8 nitrogen and oxygen atoms in total. The zero-order valence-corrected chi connectivity index (χ0v) is 20.2. The van der Waals surface area contributed by atoms with Crippen LogP contribution >= 0.6 is 0 Å². The number of benzene rings is 3. The van der Waals surface area contributed by atoms with Crippen LogP contribution in [-0.2, 0) is 19.6 Å². The van der Waals surface area contributed by atoms with Crippen LogP contribution in [0.5, 0.6) is 11.5 Å². The molecule has 0 amide bonds. The second kappa shape index (κ2) is 10.2. The van der Waals surface area contributed by atoms with Crippen molar-refractivity contribution in [2.24, 2.45) is 0 Å². The van der Waals surface area contributed by atoms with E-state index in [4.69, 9.17) is 13.9 Å². The summed E-state index contributed by atoms with van der Waals surface area (Å²) in [7, 11) is 0. The van der Waals surface area contributed by atoms with E-state index in [9.17, 15) is 9.90 Å². The van der Waals surface area contributed by atoms with Gasteiger partial charge in [0.05, 0.1) is 12.7 Å². The van der Waals surface area contributed by atoms with Gasteiger partial charge in [-0.3, -0.25) is 0 Å². The fourth-order valence-electron chi connectivity index (χ4n) is 4.24. The highest BCUT2D eigenvalue weighted by molar-refractivity contribution is 5.84. The Morgan fingerprint density at radius 2 is 1.81 bits per heavy atom. The van der Waals surface area contributed by atoms with Crippen molar-refractivity contribution in [2.75, 3.05) is 6.61 Å². The van der Waals surface area contributed by atoms with E-state index in [1.807, 2.05) is 56.3 Å². The molecule has 0 saturated carbocycles. The number of fused-ring (bicyclic) bond motifs is 2. The largest absolute Gasteiger partial charge is 0.491 e. The molecular weight excluding hydrogens is 458 g/mol. The predicted molar refractivity (Wildman–Crippen MR) is 136 cm³/mol. The average molecular weight is 486 g/mol. The zero-order chi connectivity index (χ0) is 25.1. The molecule has 0 bridgehead atoms. The molecule has 0 radical (unpaired) electrons. The summed E-state index contributed by atoms with van der Waals surface area (Å²) in [6.45, 7) is 4.38. The maximum absolute atomic E-state index is 12.2. The Hall–Kier alpha value is -4.17. The van der Waals surface area contributed by atoms with Crippen LogP contribution in [0.25, 0.3) is 21.7 Å². The third kappa shape index (κ3) is 5.08. The van der Waals surface area contributed by atoms with Crippen molar-refractivity contribution in [1.29, 1.82) is 0 Å². The summed E-state index contributed by atoms with van der Waals surface area (Å²) in [6, 6.07) is 19.4. The molecule has 184 valence electrons. The standard InChI is InChI=1S/C28H27N3O5/c1-3-25-18(2)26-11-10-24(13-27(26)36-28(25)33)35-17-22(32)15-31-14-21(29-30-31)16-34-23-9-8-19-6-4-5-7-20(19)12-23/h4-14,22,32H,3,15-17H2,1-2H3. The van der Waals surface area contributed by atoms with Crippen molar-refractivity contribution < 1.29 is 19.0 Å². The van der Waals surface area contributed by atoms with E-state index in [0.717, 1.165) is 27.5 Å². The minimum Gasteiger partial charge on any atom is -0.491 e. The highest BCUT2D eigenvalue weighted by Crippen LogP contribution is 2.25. The van der Waals surface area contributed by atoms with Crippen molar-refractivity contribution >= 4 is 21.7 Å². The second-order valence-electron chi connectivity index (χ2n) is 8.70. The first-order valence-electron chi connectivity index (χ1n) is 11.9. The Balaban J connectivity index is 1.16. The van der Waals surface area contributed by atoms with Crippen molar-refractivity contribution in [3.05, 3.63) is 94.1 Å². The highest BCUT2D eigenvalue weighted by atomic mass is 16.5. The molecule has 5 aromatic rings. The Labute approximate surface area is 207 Å². The first-order chi connectivity index (χ1) is 17.5. The smallest absolute Gasteiger partial charge is 0.339 e. The van der Waals surface area contributed by atoms with Gasteiger partial charge in [-0.25, -0.2) is 9.48 Å². The molecule has 8 heteroatoms. The molecule has 2 heterocycles. The fourth-order valence-corrected chi connectivity index (χ4v) is 4.24. The van der Waals surface area contributed by atoms with Crippen LogP contribution in [0.2, 0.25) is 0 Å². The molecule has 1 atom stereocenters. The molecule has 1 N–H and O–H groups in total. The van der Waals surface area contributed by atoms with Gasteiger partial charge < -0.3 is 19.0 Å². The molecule has 5 rings (SSSR count). The minimum atomic E-state index is -0.812. The van der Waals surface area contributed by atoms with Gasteiger partial charge in [-0.2, -0.15) is 0 Å². The van der Waals surface area contributed by atoms with Crippen LogP contribution in [0.3, 0.4) is 0 Å². The summed E-state index contributed by atoms with van der Waals surface area (Å²) < 4.78 is 18.6. The quantitative estimate of drug-likeness (QED) is 0.308. The van der Waals surface area contributed by atoms with E-state index in [2.05, 4.69) is 16.4 Å². The van der Waals surface area contributed by atoms with Gasteiger partial charge in [0.1, 0.15) is 42.1 Å². The average Bonchev–Trinajstić information content (AvgIpc) is 3.33. The van der Waals surface area contributed by atoms with Gasteiger partial charge in [0.25, 0.3) is 0 Å². The van der Waals surface area contributed by atoms with Crippen LogP contribution in [0.15, 0.2) is 76.1 Å². The van der Waals surface area contributed by atoms with E-state index in [-0.39, 0.29) is 25.4 Å². The van der Waals surface area contributed by atoms with Gasteiger partial charge in [0.15, 0.2) is 0 Å². The lowest BCUT2D eigenvalue weighted by molar-refractivity contribution is 0.0888. The number of aromatic nitrogens is 3. The molecule has 2 aromatic heterocycles. The molecule has 3 aromatic carbocycles. The van der Waals surface area contributed by atoms with Crippen LogP contribution < -0.4 is 15.1 Å². The summed E-state index contributed by atoms with van der Waals surface area (Å²) >= 11 is 0. The van der Waals surface area contributed by atoms with Crippen molar-refractivity contribution in [3.8, 4) is 11.5 Å². The highest BCUT2D eigenvalue weighted by Gasteiger charge is 2.13. The fraction of sp³-hybridized carbons (Fsp3) is 0.250. The Morgan fingerprint density at radius 3 is 2.64 bits per heavy atom. The molecule has 1 unspecified atom stereocenters. The van der Waals surface area contributed by atoms with E-state index in [1.165, 1.54) is 0 Å². The SMILES string of the molecule is CCc1c(C)c2ccc(OCC(O)Cn3cc(COc4ccc5ccccc5c4)nn3)cc2oc1=O. The lowest BCUT2D eigenvalue weighted by Crippen LogP contribution is -2.24. The predicted octanol–water partition coefficient (Wildman–Crippen LogP) is 4.43. The summed E-state index contributed by atoms with van der Waals surface area (Å²) in [6.07, 6.45) is 1.55. The Morgan fingerprint density at radius 1 is 1.03 bits per heavy atom. The monoisotopic (exact) mass is 485 g/mol. The molecule has 0 aliphatic carbocycles. The van der Waals surface area contributed by atoms with Crippen molar-refractivity contribution in [2.45, 2.75) is 39.5 Å². The summed E-state index contributed by atoms with van der Waals surface area (Å²) in [4.78, 5) is 12.2. The van der Waals surface area contributed by atoms with Gasteiger partial charge in [-0.1, -0.05) is 42.5 Å². The van der Waals surface area contributed by atoms with Crippen molar-refractivity contribution in [3.63, 3.8) is 0 Å². The molecule has 0 saturated heterocycles. The second-order valence-corrected chi connectivity index (χ2v) is 8.70. The van der Waals surface area contributed by atoms with Crippen LogP contribution in [0, 0.1) is 6.92 Å². The van der Waals surface area contributed by atoms with E-state index >= 15 is 0 Å². The minimum absolute atomic E-state index is 0.0462. The maximum atomic E-state index is 12.2. The van der Waals surface area contributed by atoms with Gasteiger partial charge in [0, 0.05) is 17.0 Å². The molecule has 0 aliphatic rings. The van der Waals surface area contributed by atoms with E-state index in [1.54, 1.807) is 23.0 Å². The molecule has 36 heavy (non-hydrogen) atoms. The van der Waals surface area contributed by atoms with E-state index in [0.29, 0.717) is 29.0 Å². The number of aryl methyl sites for hydroxylation is 1. The summed E-state index contributed by atoms with van der Waals surface area (Å²) in [5.41, 5.74) is 2.39. The lowest BCUT2D eigenvalue weighted by atomic mass is 10.0. The normalized spacial score (nSPS) is 12.2. The number of aliphatic hydroxyl groups excluding tert-OH is 1. The number of aliphatic hydroxyl groups is 1. The van der Waals surface area contributed by atoms with Crippen LogP contribution in [0.4, 0.5) is 0 Å². The first-order valence-corrected chi connectivity index (χ1v) is 11.9. The summed E-state index contributed by atoms with van der Waals surface area (Å²) in [5.74, 6) is 1.26. The lowest BCUT2D eigenvalue weighted by Gasteiger charge is -2.13. The first kappa shape index (κ1) is 23.6. The Kier molecular flexibility index (Phi) is 6.69. The van der Waals surface area contributed by atoms with Gasteiger partial charge in [-0.05, 0) is 53.9 Å². The molecule has 0 fully saturated rings. The topological polar surface area (TPSA) is 99.6 Å². The van der Waals surface area contributed by atoms with Crippen LogP contribution in [0.1, 0.15) is 23.7 Å². The molecule has 0 spiro atoms. The number of hydrogen-bond acceptors (Lipinski definition) is 7. The number of hydrogen-bond donors (Lipinski definition) is 1. The molecular formula is C28H27N3O5. The van der Waals surface area contributed by atoms with Crippen molar-refractivity contribution in [1.82, 2.24) is 15.0 Å². The van der Waals surface area contributed by atoms with Gasteiger partial charge in [-0.15, -0.1) is 5.10 Å². The van der Waals surface area contributed by atoms with Crippen LogP contribution in [-0.4, -0.2) is 32.8 Å². The molecule has 0 aliphatic heterocycles. The summed E-state index contributed by atoms with van der Waals surface area (Å²) in [5, 5.41) is 21.8. The third-order valence-corrected chi connectivity index (χ3v) is 6.15. The van der Waals surface area contributed by atoms with Gasteiger partial charge >= 0.3 is 5.63 Å². The number of rotatable bonds is 9. The van der Waals surface area contributed by atoms with E-state index < -0.39 is 6.10 Å². The zero-order valence-electron chi connectivity index (χ0n) is 20.2. The van der Waals surface area contributed by atoms with Gasteiger partial charge in [0.2, 0.25) is 0 Å². The Bertz CT molecular complexity index is 1570. The third-order valence-electron chi connectivity index (χ3n) is 6.15.